The van der Waals surface area contributed by atoms with Crippen molar-refractivity contribution in [3.63, 3.8) is 0 Å². The number of nitrogens with two attached hydrogens (primary N) is 1. The highest BCUT2D eigenvalue weighted by Crippen LogP contribution is 2.26. The fourth-order valence-corrected chi connectivity index (χ4v) is 2.34. The second-order valence-electron chi connectivity index (χ2n) is 4.52. The first kappa shape index (κ1) is 12.4. The summed E-state index contributed by atoms with van der Waals surface area (Å²) in [4.78, 5) is 11.9. The number of carbonyl (C=O) groups excluding carboxylic acids is 1. The summed E-state index contributed by atoms with van der Waals surface area (Å²) in [5.74, 6) is -0.139. The highest BCUT2D eigenvalue weighted by Gasteiger charge is 2.32. The summed E-state index contributed by atoms with van der Waals surface area (Å²) in [6.07, 6.45) is 4.32. The van der Waals surface area contributed by atoms with Crippen LogP contribution in [0.15, 0.2) is 17.4 Å². The number of hydrogen-bond donors (Lipinski definition) is 3. The summed E-state index contributed by atoms with van der Waals surface area (Å²) < 4.78 is 1.57. The lowest BCUT2D eigenvalue weighted by atomic mass is 10.0. The van der Waals surface area contributed by atoms with E-state index in [0.29, 0.717) is 5.69 Å². The molecule has 1 aromatic heterocycles. The van der Waals surface area contributed by atoms with E-state index >= 15 is 0 Å². The standard InChI is InChI=1S/C11H17N5O2/c1-16-6-5-9(14-16)11(17)13-8-4-2-3-7(8)10(12)15-18/h5-8,18H,2-4H2,1H3,(H2,12,15)(H,13,17). The van der Waals surface area contributed by atoms with E-state index in [2.05, 4.69) is 15.6 Å². The van der Waals surface area contributed by atoms with Gasteiger partial charge in [0.05, 0.1) is 0 Å². The quantitative estimate of drug-likeness (QED) is 0.306. The number of oxime groups is 1. The van der Waals surface area contributed by atoms with Crippen molar-refractivity contribution in [1.82, 2.24) is 15.1 Å². The van der Waals surface area contributed by atoms with Crippen LogP contribution < -0.4 is 11.1 Å². The lowest BCUT2D eigenvalue weighted by molar-refractivity contribution is 0.0927. The van der Waals surface area contributed by atoms with E-state index in [4.69, 9.17) is 10.9 Å². The fourth-order valence-electron chi connectivity index (χ4n) is 2.34. The molecule has 0 bridgehead atoms. The Labute approximate surface area is 105 Å². The molecule has 1 heterocycles. The predicted octanol–water partition coefficient (Wildman–Crippen LogP) is 0.0650. The molecule has 1 saturated carbocycles. The molecule has 2 unspecified atom stereocenters. The normalized spacial score (nSPS) is 24.2. The van der Waals surface area contributed by atoms with Gasteiger partial charge in [-0.25, -0.2) is 0 Å². The van der Waals surface area contributed by atoms with Gasteiger partial charge in [0.15, 0.2) is 0 Å². The van der Waals surface area contributed by atoms with E-state index in [-0.39, 0.29) is 23.7 Å². The van der Waals surface area contributed by atoms with Crippen LogP contribution in [0.1, 0.15) is 29.8 Å². The van der Waals surface area contributed by atoms with Crippen molar-refractivity contribution in [1.29, 1.82) is 0 Å². The minimum Gasteiger partial charge on any atom is -0.409 e. The monoisotopic (exact) mass is 251 g/mol. The van der Waals surface area contributed by atoms with Gasteiger partial charge in [-0.15, -0.1) is 0 Å². The van der Waals surface area contributed by atoms with Crippen LogP contribution in [-0.2, 0) is 7.05 Å². The van der Waals surface area contributed by atoms with Crippen LogP contribution in [0.25, 0.3) is 0 Å². The molecule has 0 saturated heterocycles. The molecule has 0 spiro atoms. The van der Waals surface area contributed by atoms with Gasteiger partial charge in [0, 0.05) is 25.2 Å². The summed E-state index contributed by atoms with van der Waals surface area (Å²) in [7, 11) is 1.76. The van der Waals surface area contributed by atoms with Crippen molar-refractivity contribution in [2.24, 2.45) is 23.9 Å². The number of aromatic nitrogens is 2. The molecule has 4 N–H and O–H groups in total. The third-order valence-corrected chi connectivity index (χ3v) is 3.27. The van der Waals surface area contributed by atoms with E-state index in [1.54, 1.807) is 24.0 Å². The zero-order chi connectivity index (χ0) is 13.1. The van der Waals surface area contributed by atoms with Crippen molar-refractivity contribution in [3.05, 3.63) is 18.0 Å². The van der Waals surface area contributed by atoms with Crippen molar-refractivity contribution in [3.8, 4) is 0 Å². The maximum Gasteiger partial charge on any atom is 0.272 e. The first-order chi connectivity index (χ1) is 8.61. The van der Waals surface area contributed by atoms with Crippen molar-refractivity contribution in [2.45, 2.75) is 25.3 Å². The zero-order valence-electron chi connectivity index (χ0n) is 10.2. The second-order valence-corrected chi connectivity index (χ2v) is 4.52. The van der Waals surface area contributed by atoms with Gasteiger partial charge in [-0.1, -0.05) is 11.6 Å². The van der Waals surface area contributed by atoms with E-state index in [0.717, 1.165) is 19.3 Å². The number of nitrogens with one attached hydrogen (secondary N) is 1. The lowest BCUT2D eigenvalue weighted by Gasteiger charge is -2.19. The number of amides is 1. The van der Waals surface area contributed by atoms with Crippen LogP contribution in [0.2, 0.25) is 0 Å². The smallest absolute Gasteiger partial charge is 0.272 e. The molecular weight excluding hydrogens is 234 g/mol. The summed E-state index contributed by atoms with van der Waals surface area (Å²) >= 11 is 0. The van der Waals surface area contributed by atoms with Crippen LogP contribution in [0.4, 0.5) is 0 Å². The van der Waals surface area contributed by atoms with Gasteiger partial charge in [0.2, 0.25) is 0 Å². The van der Waals surface area contributed by atoms with Crippen molar-refractivity contribution >= 4 is 11.7 Å². The molecule has 1 aliphatic carbocycles. The van der Waals surface area contributed by atoms with Gasteiger partial charge in [-0.2, -0.15) is 5.10 Å². The third-order valence-electron chi connectivity index (χ3n) is 3.27. The minimum atomic E-state index is -0.224. The van der Waals surface area contributed by atoms with Gasteiger partial charge in [0.25, 0.3) is 5.91 Å². The molecule has 2 atom stereocenters. The number of rotatable bonds is 3. The SMILES string of the molecule is Cn1ccc(C(=O)NC2CCCC2/C(N)=N/O)n1. The Bertz CT molecular complexity index is 468. The maximum absolute atomic E-state index is 11.9. The van der Waals surface area contributed by atoms with Crippen LogP contribution in [-0.4, -0.2) is 32.8 Å². The van der Waals surface area contributed by atoms with E-state index in [9.17, 15) is 4.79 Å². The molecule has 0 aromatic carbocycles. The molecule has 1 aliphatic rings. The highest BCUT2D eigenvalue weighted by atomic mass is 16.4. The zero-order valence-corrected chi connectivity index (χ0v) is 10.2. The van der Waals surface area contributed by atoms with Crippen LogP contribution >= 0.6 is 0 Å². The molecular formula is C11H17N5O2. The minimum absolute atomic E-state index is 0.0876. The largest absolute Gasteiger partial charge is 0.409 e. The summed E-state index contributed by atoms with van der Waals surface area (Å²) in [5, 5.41) is 18.7. The van der Waals surface area contributed by atoms with Crippen LogP contribution in [0, 0.1) is 5.92 Å². The first-order valence-electron chi connectivity index (χ1n) is 5.89. The Kier molecular flexibility index (Phi) is 3.50. The van der Waals surface area contributed by atoms with Crippen molar-refractivity contribution < 1.29 is 10.0 Å². The van der Waals surface area contributed by atoms with Crippen molar-refractivity contribution in [2.75, 3.05) is 0 Å². The van der Waals surface area contributed by atoms with Gasteiger partial charge in [-0.3, -0.25) is 9.48 Å². The molecule has 7 heteroatoms. The maximum atomic E-state index is 11.9. The number of hydrogen-bond acceptors (Lipinski definition) is 4. The van der Waals surface area contributed by atoms with Crippen LogP contribution in [0.5, 0.6) is 0 Å². The average Bonchev–Trinajstić information content (AvgIpc) is 2.97. The number of aryl methyl sites for hydroxylation is 1. The lowest BCUT2D eigenvalue weighted by Crippen LogP contribution is -2.42. The third kappa shape index (κ3) is 2.44. The number of amidine groups is 1. The highest BCUT2D eigenvalue weighted by molar-refractivity contribution is 5.93. The Hall–Kier alpha value is -2.05. The molecule has 1 amide bonds. The molecule has 18 heavy (non-hydrogen) atoms. The van der Waals surface area contributed by atoms with Gasteiger partial charge in [0.1, 0.15) is 11.5 Å². The fraction of sp³-hybridized carbons (Fsp3) is 0.545. The van der Waals surface area contributed by atoms with Crippen LogP contribution in [0.3, 0.4) is 0 Å². The molecule has 0 radical (unpaired) electrons. The predicted molar refractivity (Wildman–Crippen MR) is 65.2 cm³/mol. The van der Waals surface area contributed by atoms with E-state index in [1.165, 1.54) is 0 Å². The molecule has 98 valence electrons. The average molecular weight is 251 g/mol. The molecule has 1 fully saturated rings. The Balaban J connectivity index is 2.03. The summed E-state index contributed by atoms with van der Waals surface area (Å²) in [6.45, 7) is 0. The Morgan fingerprint density at radius 2 is 2.44 bits per heavy atom. The molecule has 7 nitrogen and oxygen atoms in total. The second kappa shape index (κ2) is 5.07. The number of nitrogens with zero attached hydrogens (tertiary/aromatic N) is 3. The Morgan fingerprint density at radius 1 is 1.67 bits per heavy atom. The topological polar surface area (TPSA) is 106 Å². The Morgan fingerprint density at radius 3 is 3.06 bits per heavy atom. The van der Waals surface area contributed by atoms with Gasteiger partial charge >= 0.3 is 0 Å². The molecule has 0 aliphatic heterocycles. The molecule has 1 aromatic rings. The molecule has 2 rings (SSSR count). The van der Waals surface area contributed by atoms with E-state index < -0.39 is 0 Å². The summed E-state index contributed by atoms with van der Waals surface area (Å²) in [5.41, 5.74) is 5.99. The first-order valence-corrected chi connectivity index (χ1v) is 5.89. The summed E-state index contributed by atoms with van der Waals surface area (Å²) in [6, 6.07) is 1.57. The van der Waals surface area contributed by atoms with Gasteiger partial charge in [-0.05, 0) is 18.9 Å². The number of carbonyl (C=O) groups is 1. The van der Waals surface area contributed by atoms with Gasteiger partial charge < -0.3 is 16.3 Å². The van der Waals surface area contributed by atoms with E-state index in [1.807, 2.05) is 0 Å².